The Bertz CT molecular complexity index is 882. The molecule has 1 aromatic carbocycles. The van der Waals surface area contributed by atoms with E-state index in [1.165, 1.54) is 6.42 Å². The Morgan fingerprint density at radius 2 is 1.87 bits per heavy atom. The number of rotatable bonds is 9. The smallest absolute Gasteiger partial charge is 0.273 e. The number of ether oxygens (including phenoxy) is 1. The maximum Gasteiger partial charge on any atom is 0.273 e. The van der Waals surface area contributed by atoms with Crippen molar-refractivity contribution in [2.45, 2.75) is 64.0 Å². The fraction of sp³-hybridized carbons (Fsp3) is 0.542. The third-order valence-electron chi connectivity index (χ3n) is 6.20. The van der Waals surface area contributed by atoms with Gasteiger partial charge in [0.2, 0.25) is 5.91 Å². The third kappa shape index (κ3) is 5.66. The summed E-state index contributed by atoms with van der Waals surface area (Å²) in [5.74, 6) is 1.49. The predicted molar refractivity (Wildman–Crippen MR) is 116 cm³/mol. The molecular weight excluding hydrogens is 394 g/mol. The molecule has 2 fully saturated rings. The van der Waals surface area contributed by atoms with Gasteiger partial charge in [-0.1, -0.05) is 36.6 Å². The van der Waals surface area contributed by atoms with Crippen molar-refractivity contribution in [1.29, 1.82) is 0 Å². The monoisotopic (exact) mass is 425 g/mol. The van der Waals surface area contributed by atoms with Crippen LogP contribution in [0.2, 0.25) is 0 Å². The van der Waals surface area contributed by atoms with Crippen molar-refractivity contribution < 1.29 is 18.8 Å². The van der Waals surface area contributed by atoms with Crippen molar-refractivity contribution in [3.05, 3.63) is 47.3 Å². The summed E-state index contributed by atoms with van der Waals surface area (Å²) in [4.78, 5) is 27.4. The number of hydrogen-bond acceptors (Lipinski definition) is 5. The third-order valence-corrected chi connectivity index (χ3v) is 6.20. The molecule has 166 valence electrons. The highest BCUT2D eigenvalue weighted by Crippen LogP contribution is 2.33. The molecule has 2 aliphatic rings. The lowest BCUT2D eigenvalue weighted by molar-refractivity contribution is -0.138. The van der Waals surface area contributed by atoms with Gasteiger partial charge in [-0.25, -0.2) is 0 Å². The predicted octanol–water partition coefficient (Wildman–Crippen LogP) is 3.73. The standard InChI is InChI=1S/C24H31N3O4/c1-30-20-11-7-17(8-12-20)13-14-25-23(28)22-15-21(31-26-22)16-27(19-9-10-19)24(29)18-5-3-2-4-6-18/h7-8,11-12,15,18-19H,2-6,9-10,13-14,16H2,1H3,(H,25,28). The molecule has 0 aliphatic heterocycles. The molecule has 1 aromatic heterocycles. The van der Waals surface area contributed by atoms with Crippen LogP contribution in [0.15, 0.2) is 34.9 Å². The first kappa shape index (κ1) is 21.4. The van der Waals surface area contributed by atoms with E-state index < -0.39 is 0 Å². The van der Waals surface area contributed by atoms with Crippen LogP contribution in [0, 0.1) is 5.92 Å². The highest BCUT2D eigenvalue weighted by molar-refractivity contribution is 5.92. The Labute approximate surface area is 183 Å². The van der Waals surface area contributed by atoms with E-state index in [1.807, 2.05) is 29.2 Å². The molecule has 7 heteroatoms. The minimum atomic E-state index is -0.264. The molecule has 1 heterocycles. The molecule has 1 N–H and O–H groups in total. The minimum absolute atomic E-state index is 0.137. The topological polar surface area (TPSA) is 84.7 Å². The lowest BCUT2D eigenvalue weighted by Gasteiger charge is -2.28. The zero-order chi connectivity index (χ0) is 21.6. The van der Waals surface area contributed by atoms with E-state index in [0.717, 1.165) is 49.8 Å². The Kier molecular flexibility index (Phi) is 6.89. The SMILES string of the molecule is COc1ccc(CCNC(=O)c2cc(CN(C(=O)C3CCCCC3)C3CC3)on2)cc1. The van der Waals surface area contributed by atoms with Crippen LogP contribution in [-0.4, -0.2) is 41.6 Å². The zero-order valence-corrected chi connectivity index (χ0v) is 18.1. The summed E-state index contributed by atoms with van der Waals surface area (Å²) in [5, 5.41) is 6.81. The molecule has 2 saturated carbocycles. The summed E-state index contributed by atoms with van der Waals surface area (Å²) in [7, 11) is 1.64. The lowest BCUT2D eigenvalue weighted by atomic mass is 9.88. The van der Waals surface area contributed by atoms with Gasteiger partial charge in [0.25, 0.3) is 5.91 Å². The minimum Gasteiger partial charge on any atom is -0.497 e. The number of carbonyl (C=O) groups excluding carboxylic acids is 2. The number of amides is 2. The Hall–Kier alpha value is -2.83. The van der Waals surface area contributed by atoms with Gasteiger partial charge in [-0.15, -0.1) is 0 Å². The molecule has 7 nitrogen and oxygen atoms in total. The lowest BCUT2D eigenvalue weighted by Crippen LogP contribution is -2.38. The Morgan fingerprint density at radius 1 is 1.13 bits per heavy atom. The van der Waals surface area contributed by atoms with Crippen LogP contribution in [0.1, 0.15) is 66.8 Å². The molecule has 31 heavy (non-hydrogen) atoms. The van der Waals surface area contributed by atoms with Gasteiger partial charge in [-0.3, -0.25) is 9.59 Å². The van der Waals surface area contributed by atoms with Crippen LogP contribution in [0.5, 0.6) is 5.75 Å². The van der Waals surface area contributed by atoms with E-state index >= 15 is 0 Å². The summed E-state index contributed by atoms with van der Waals surface area (Å²) in [6.45, 7) is 0.897. The van der Waals surface area contributed by atoms with Gasteiger partial charge >= 0.3 is 0 Å². The molecular formula is C24H31N3O4. The number of hydrogen-bond donors (Lipinski definition) is 1. The van der Waals surface area contributed by atoms with Crippen LogP contribution in [-0.2, 0) is 17.8 Å². The summed E-state index contributed by atoms with van der Waals surface area (Å²) in [6, 6.07) is 9.74. The molecule has 0 unspecified atom stereocenters. The van der Waals surface area contributed by atoms with Crippen LogP contribution in [0.25, 0.3) is 0 Å². The van der Waals surface area contributed by atoms with E-state index in [1.54, 1.807) is 13.2 Å². The van der Waals surface area contributed by atoms with Crippen LogP contribution in [0.3, 0.4) is 0 Å². The van der Waals surface area contributed by atoms with Gasteiger partial charge in [0.15, 0.2) is 11.5 Å². The van der Waals surface area contributed by atoms with E-state index in [4.69, 9.17) is 9.26 Å². The van der Waals surface area contributed by atoms with Gasteiger partial charge in [0.05, 0.1) is 13.7 Å². The van der Waals surface area contributed by atoms with Crippen molar-refractivity contribution in [3.63, 3.8) is 0 Å². The number of nitrogens with zero attached hydrogens (tertiary/aromatic N) is 2. The second-order valence-electron chi connectivity index (χ2n) is 8.56. The van der Waals surface area contributed by atoms with Crippen molar-refractivity contribution >= 4 is 11.8 Å². The Balaban J connectivity index is 1.29. The second kappa shape index (κ2) is 9.98. The maximum absolute atomic E-state index is 13.0. The van der Waals surface area contributed by atoms with Crippen LogP contribution < -0.4 is 10.1 Å². The normalized spacial score (nSPS) is 16.7. The molecule has 2 amide bonds. The van der Waals surface area contributed by atoms with Gasteiger partial charge in [0, 0.05) is 24.6 Å². The maximum atomic E-state index is 13.0. The van der Waals surface area contributed by atoms with Crippen LogP contribution >= 0.6 is 0 Å². The first-order chi connectivity index (χ1) is 15.1. The molecule has 4 rings (SSSR count). The van der Waals surface area contributed by atoms with E-state index in [9.17, 15) is 9.59 Å². The highest BCUT2D eigenvalue weighted by atomic mass is 16.5. The van der Waals surface area contributed by atoms with Gasteiger partial charge in [0.1, 0.15) is 5.75 Å². The molecule has 2 aromatic rings. The van der Waals surface area contributed by atoms with Gasteiger partial charge in [-0.2, -0.15) is 0 Å². The molecule has 2 aliphatic carbocycles. The summed E-state index contributed by atoms with van der Waals surface area (Å²) >= 11 is 0. The summed E-state index contributed by atoms with van der Waals surface area (Å²) in [5.41, 5.74) is 1.37. The Morgan fingerprint density at radius 3 is 2.55 bits per heavy atom. The van der Waals surface area contributed by atoms with Crippen molar-refractivity contribution in [2.24, 2.45) is 5.92 Å². The van der Waals surface area contributed by atoms with Crippen molar-refractivity contribution in [1.82, 2.24) is 15.4 Å². The second-order valence-corrected chi connectivity index (χ2v) is 8.56. The first-order valence-electron chi connectivity index (χ1n) is 11.3. The molecule has 0 saturated heterocycles. The fourth-order valence-electron chi connectivity index (χ4n) is 4.22. The van der Waals surface area contributed by atoms with Gasteiger partial charge in [-0.05, 0) is 49.8 Å². The van der Waals surface area contributed by atoms with Crippen molar-refractivity contribution in [3.8, 4) is 5.75 Å². The average molecular weight is 426 g/mol. The van der Waals surface area contributed by atoms with Crippen molar-refractivity contribution in [2.75, 3.05) is 13.7 Å². The highest BCUT2D eigenvalue weighted by Gasteiger charge is 2.36. The van der Waals surface area contributed by atoms with E-state index in [-0.39, 0.29) is 23.4 Å². The molecule has 0 atom stereocenters. The van der Waals surface area contributed by atoms with Crippen LogP contribution in [0.4, 0.5) is 0 Å². The molecule has 0 spiro atoms. The average Bonchev–Trinajstić information content (AvgIpc) is 3.55. The molecule has 0 radical (unpaired) electrons. The largest absolute Gasteiger partial charge is 0.497 e. The quantitative estimate of drug-likeness (QED) is 0.662. The number of nitrogens with one attached hydrogen (secondary N) is 1. The summed E-state index contributed by atoms with van der Waals surface area (Å²) in [6.07, 6.45) is 8.28. The van der Waals surface area contributed by atoms with E-state index in [0.29, 0.717) is 31.3 Å². The van der Waals surface area contributed by atoms with E-state index in [2.05, 4.69) is 10.5 Å². The van der Waals surface area contributed by atoms with Gasteiger partial charge < -0.3 is 19.5 Å². The fourth-order valence-corrected chi connectivity index (χ4v) is 4.22. The number of carbonyl (C=O) groups is 2. The summed E-state index contributed by atoms with van der Waals surface area (Å²) < 4.78 is 10.6. The zero-order valence-electron chi connectivity index (χ0n) is 18.1. The number of benzene rings is 1. The first-order valence-corrected chi connectivity index (χ1v) is 11.3. The number of aromatic nitrogens is 1. The number of methoxy groups -OCH3 is 1. The molecule has 0 bridgehead atoms.